The lowest BCUT2D eigenvalue weighted by Crippen LogP contribution is -2.37. The lowest BCUT2D eigenvalue weighted by molar-refractivity contribution is 0.117. The van der Waals surface area contributed by atoms with Gasteiger partial charge in [0.15, 0.2) is 0 Å². The molecule has 0 aromatic rings. The van der Waals surface area contributed by atoms with Crippen LogP contribution in [0.3, 0.4) is 0 Å². The van der Waals surface area contributed by atoms with Gasteiger partial charge >= 0.3 is 0 Å². The highest BCUT2D eigenvalue weighted by atomic mass is 32.2. The molecule has 2 nitrogen and oxygen atoms in total. The van der Waals surface area contributed by atoms with Gasteiger partial charge < -0.3 is 10.4 Å². The number of rotatable bonds is 3. The second-order valence-corrected chi connectivity index (χ2v) is 5.96. The molecule has 2 fully saturated rings. The highest BCUT2D eigenvalue weighted by molar-refractivity contribution is 8.00. The summed E-state index contributed by atoms with van der Waals surface area (Å²) in [6, 6.07) is 0.680. The fraction of sp³-hybridized carbons (Fsp3) is 1.00. The summed E-state index contributed by atoms with van der Waals surface area (Å²) in [6.45, 7) is 1.19. The first kappa shape index (κ1) is 10.8. The number of nitrogens with one attached hydrogen (secondary N) is 1. The fourth-order valence-corrected chi connectivity index (χ4v) is 3.60. The second-order valence-electron chi connectivity index (χ2n) is 4.55. The molecule has 0 bridgehead atoms. The summed E-state index contributed by atoms with van der Waals surface area (Å²) in [5.41, 5.74) is 0. The standard InChI is InChI=1S/C11H21NOS/c13-10-5-3-9(4-6-10)12-8-11-2-1-7-14-11/h9-13H,1-8H2. The Balaban J connectivity index is 1.60. The van der Waals surface area contributed by atoms with Crippen LogP contribution < -0.4 is 5.32 Å². The Hall–Kier alpha value is 0.270. The average Bonchev–Trinajstić information content (AvgIpc) is 2.70. The maximum absolute atomic E-state index is 9.37. The Morgan fingerprint density at radius 3 is 2.57 bits per heavy atom. The molecule has 1 saturated heterocycles. The Kier molecular flexibility index (Phi) is 4.14. The van der Waals surface area contributed by atoms with E-state index in [1.54, 1.807) is 0 Å². The molecular formula is C11H21NOS. The minimum absolute atomic E-state index is 0.0195. The van der Waals surface area contributed by atoms with Crippen LogP contribution in [0.2, 0.25) is 0 Å². The smallest absolute Gasteiger partial charge is 0.0541 e. The van der Waals surface area contributed by atoms with Crippen LogP contribution >= 0.6 is 11.8 Å². The summed E-state index contributed by atoms with van der Waals surface area (Å²) in [5, 5.41) is 13.9. The largest absolute Gasteiger partial charge is 0.393 e. The Bertz CT molecular complexity index is 163. The molecule has 3 heteroatoms. The molecule has 1 unspecified atom stereocenters. The van der Waals surface area contributed by atoms with Crippen molar-refractivity contribution in [1.82, 2.24) is 5.32 Å². The molecule has 2 N–H and O–H groups in total. The predicted octanol–water partition coefficient (Wildman–Crippen LogP) is 1.78. The van der Waals surface area contributed by atoms with Crippen LogP contribution in [0.1, 0.15) is 38.5 Å². The molecule has 0 aromatic carbocycles. The molecule has 0 amide bonds. The number of aliphatic hydroxyl groups is 1. The van der Waals surface area contributed by atoms with E-state index in [1.807, 2.05) is 0 Å². The molecule has 1 aliphatic heterocycles. The van der Waals surface area contributed by atoms with Crippen molar-refractivity contribution in [2.75, 3.05) is 12.3 Å². The topological polar surface area (TPSA) is 32.3 Å². The first-order valence-electron chi connectivity index (χ1n) is 5.87. The number of thioether (sulfide) groups is 1. The maximum atomic E-state index is 9.37. The summed E-state index contributed by atoms with van der Waals surface area (Å²) >= 11 is 2.12. The van der Waals surface area contributed by atoms with E-state index in [1.165, 1.54) is 38.0 Å². The molecule has 2 rings (SSSR count). The molecule has 0 spiro atoms. The van der Waals surface area contributed by atoms with Gasteiger partial charge in [0.05, 0.1) is 6.10 Å². The van der Waals surface area contributed by atoms with Gasteiger partial charge in [-0.05, 0) is 44.3 Å². The van der Waals surface area contributed by atoms with Gasteiger partial charge in [0.25, 0.3) is 0 Å². The first-order valence-corrected chi connectivity index (χ1v) is 6.92. The van der Waals surface area contributed by atoms with Gasteiger partial charge in [0.2, 0.25) is 0 Å². The van der Waals surface area contributed by atoms with E-state index in [4.69, 9.17) is 0 Å². The van der Waals surface area contributed by atoms with Gasteiger partial charge in [0.1, 0.15) is 0 Å². The van der Waals surface area contributed by atoms with Gasteiger partial charge in [-0.25, -0.2) is 0 Å². The molecule has 1 heterocycles. The molecule has 0 aromatic heterocycles. The molecule has 82 valence electrons. The zero-order valence-electron chi connectivity index (χ0n) is 8.74. The van der Waals surface area contributed by atoms with E-state index in [-0.39, 0.29) is 6.10 Å². The van der Waals surface area contributed by atoms with E-state index in [2.05, 4.69) is 17.1 Å². The third kappa shape index (κ3) is 3.14. The van der Waals surface area contributed by atoms with Crippen LogP contribution in [0.5, 0.6) is 0 Å². The maximum Gasteiger partial charge on any atom is 0.0541 e. The van der Waals surface area contributed by atoms with Gasteiger partial charge in [-0.2, -0.15) is 11.8 Å². The monoisotopic (exact) mass is 215 g/mol. The van der Waals surface area contributed by atoms with Crippen LogP contribution in [0.25, 0.3) is 0 Å². The van der Waals surface area contributed by atoms with Crippen molar-refractivity contribution in [3.63, 3.8) is 0 Å². The second kappa shape index (κ2) is 5.38. The number of aliphatic hydroxyl groups excluding tert-OH is 1. The molecule has 1 atom stereocenters. The van der Waals surface area contributed by atoms with Crippen molar-refractivity contribution in [2.24, 2.45) is 0 Å². The van der Waals surface area contributed by atoms with Crippen LogP contribution in [0.4, 0.5) is 0 Å². The highest BCUT2D eigenvalue weighted by Gasteiger charge is 2.21. The summed E-state index contributed by atoms with van der Waals surface area (Å²) in [4.78, 5) is 0. The zero-order chi connectivity index (χ0) is 9.80. The van der Waals surface area contributed by atoms with E-state index in [0.29, 0.717) is 6.04 Å². The van der Waals surface area contributed by atoms with Crippen LogP contribution in [0, 0.1) is 0 Å². The van der Waals surface area contributed by atoms with Crippen molar-refractivity contribution in [2.45, 2.75) is 55.9 Å². The molecule has 1 saturated carbocycles. The highest BCUT2D eigenvalue weighted by Crippen LogP contribution is 2.26. The minimum Gasteiger partial charge on any atom is -0.393 e. The summed E-state index contributed by atoms with van der Waals surface area (Å²) in [7, 11) is 0. The van der Waals surface area contributed by atoms with E-state index >= 15 is 0 Å². The normalized spacial score (nSPS) is 38.8. The summed E-state index contributed by atoms with van der Waals surface area (Å²) in [5.74, 6) is 1.36. The van der Waals surface area contributed by atoms with Gasteiger partial charge in [-0.3, -0.25) is 0 Å². The van der Waals surface area contributed by atoms with Crippen molar-refractivity contribution in [3.05, 3.63) is 0 Å². The zero-order valence-corrected chi connectivity index (χ0v) is 9.56. The molecule has 14 heavy (non-hydrogen) atoms. The van der Waals surface area contributed by atoms with Crippen LogP contribution in [-0.2, 0) is 0 Å². The fourth-order valence-electron chi connectivity index (χ4n) is 2.38. The van der Waals surface area contributed by atoms with Gasteiger partial charge in [0, 0.05) is 17.8 Å². The minimum atomic E-state index is -0.0195. The third-order valence-corrected chi connectivity index (χ3v) is 4.75. The van der Waals surface area contributed by atoms with E-state index in [0.717, 1.165) is 18.1 Å². The Labute approximate surface area is 90.8 Å². The number of hydrogen-bond acceptors (Lipinski definition) is 3. The lowest BCUT2D eigenvalue weighted by atomic mass is 9.93. The van der Waals surface area contributed by atoms with Crippen molar-refractivity contribution < 1.29 is 5.11 Å². The number of hydrogen-bond donors (Lipinski definition) is 2. The van der Waals surface area contributed by atoms with Crippen molar-refractivity contribution in [1.29, 1.82) is 0 Å². The molecular weight excluding hydrogens is 194 g/mol. The molecule has 2 aliphatic rings. The van der Waals surface area contributed by atoms with Crippen LogP contribution in [0.15, 0.2) is 0 Å². The average molecular weight is 215 g/mol. The Morgan fingerprint density at radius 2 is 1.93 bits per heavy atom. The third-order valence-electron chi connectivity index (χ3n) is 3.35. The Morgan fingerprint density at radius 1 is 1.14 bits per heavy atom. The van der Waals surface area contributed by atoms with Crippen LogP contribution in [-0.4, -0.2) is 34.8 Å². The van der Waals surface area contributed by atoms with Crippen molar-refractivity contribution in [3.8, 4) is 0 Å². The summed E-state index contributed by atoms with van der Waals surface area (Å²) in [6.07, 6.45) is 7.10. The molecule has 1 aliphatic carbocycles. The lowest BCUT2D eigenvalue weighted by Gasteiger charge is -2.27. The van der Waals surface area contributed by atoms with Gasteiger partial charge in [-0.15, -0.1) is 0 Å². The first-order chi connectivity index (χ1) is 6.84. The van der Waals surface area contributed by atoms with E-state index in [9.17, 15) is 5.11 Å². The summed E-state index contributed by atoms with van der Waals surface area (Å²) < 4.78 is 0. The van der Waals surface area contributed by atoms with Crippen molar-refractivity contribution >= 4 is 11.8 Å². The predicted molar refractivity (Wildman–Crippen MR) is 61.7 cm³/mol. The van der Waals surface area contributed by atoms with Gasteiger partial charge in [-0.1, -0.05) is 0 Å². The SMILES string of the molecule is OC1CCC(NCC2CCCS2)CC1. The molecule has 0 radical (unpaired) electrons. The quantitative estimate of drug-likeness (QED) is 0.752. The van der Waals surface area contributed by atoms with E-state index < -0.39 is 0 Å².